The summed E-state index contributed by atoms with van der Waals surface area (Å²) in [5.74, 6) is 0.507. The van der Waals surface area contributed by atoms with Gasteiger partial charge in [0.25, 0.3) is 5.56 Å². The Balaban J connectivity index is 1.39. The van der Waals surface area contributed by atoms with Crippen molar-refractivity contribution >= 4 is 17.0 Å². The van der Waals surface area contributed by atoms with E-state index in [2.05, 4.69) is 27.8 Å². The lowest BCUT2D eigenvalue weighted by Crippen LogP contribution is -2.30. The summed E-state index contributed by atoms with van der Waals surface area (Å²) in [7, 11) is 0. The Morgan fingerprint density at radius 3 is 2.68 bits per heavy atom. The fourth-order valence-electron chi connectivity index (χ4n) is 5.79. The first-order chi connectivity index (χ1) is 18.4. The molecule has 1 aliphatic carbocycles. The third-order valence-electron chi connectivity index (χ3n) is 8.16. The second kappa shape index (κ2) is 11.8. The van der Waals surface area contributed by atoms with Crippen molar-refractivity contribution in [2.24, 2.45) is 11.8 Å². The fraction of sp³-hybridized carbons (Fsp3) is 0.567. The number of nitrogens with one attached hydrogen (secondary N) is 1. The van der Waals surface area contributed by atoms with E-state index in [0.29, 0.717) is 24.3 Å². The highest BCUT2D eigenvalue weighted by atomic mass is 16.5. The molecule has 2 atom stereocenters. The molecule has 8 nitrogen and oxygen atoms in total. The number of H-pyrrole nitrogens is 1. The molecule has 0 unspecified atom stereocenters. The highest BCUT2D eigenvalue weighted by Gasteiger charge is 2.29. The first kappa shape index (κ1) is 26.6. The Bertz CT molecular complexity index is 1320. The van der Waals surface area contributed by atoms with Crippen molar-refractivity contribution in [3.63, 3.8) is 0 Å². The van der Waals surface area contributed by atoms with Crippen molar-refractivity contribution in [1.29, 1.82) is 0 Å². The van der Waals surface area contributed by atoms with Crippen molar-refractivity contribution < 1.29 is 19.4 Å². The van der Waals surface area contributed by atoms with Crippen LogP contribution in [0, 0.1) is 18.8 Å². The topological polar surface area (TPSA) is 106 Å². The summed E-state index contributed by atoms with van der Waals surface area (Å²) in [6, 6.07) is 8.17. The summed E-state index contributed by atoms with van der Waals surface area (Å²) < 4.78 is 13.5. The number of aromatic amines is 1. The number of carbonyl (C=O) groups excluding carboxylic acids is 1. The van der Waals surface area contributed by atoms with E-state index in [0.717, 1.165) is 86.3 Å². The van der Waals surface area contributed by atoms with Gasteiger partial charge >= 0.3 is 5.97 Å². The van der Waals surface area contributed by atoms with Gasteiger partial charge in [-0.3, -0.25) is 9.59 Å². The molecule has 8 heteroatoms. The minimum atomic E-state index is -0.763. The first-order valence-corrected chi connectivity index (χ1v) is 14.0. The van der Waals surface area contributed by atoms with Crippen LogP contribution in [-0.4, -0.2) is 51.0 Å². The maximum Gasteiger partial charge on any atom is 0.311 e. The number of aryl methyl sites for hydroxylation is 2. The third-order valence-corrected chi connectivity index (χ3v) is 8.16. The summed E-state index contributed by atoms with van der Waals surface area (Å²) in [6.45, 7) is 5.87. The molecule has 2 aromatic heterocycles. The number of carbonyl (C=O) groups is 1. The van der Waals surface area contributed by atoms with Gasteiger partial charge in [0.2, 0.25) is 0 Å². The van der Waals surface area contributed by atoms with E-state index >= 15 is 0 Å². The zero-order valence-electron chi connectivity index (χ0n) is 22.4. The lowest BCUT2D eigenvalue weighted by atomic mass is 9.95. The maximum atomic E-state index is 12.8. The van der Waals surface area contributed by atoms with Gasteiger partial charge < -0.3 is 24.1 Å². The number of fused-ring (bicyclic) bond motifs is 1. The normalized spacial score (nSPS) is 18.6. The van der Waals surface area contributed by atoms with Crippen LogP contribution in [0.2, 0.25) is 0 Å². The fourth-order valence-corrected chi connectivity index (χ4v) is 5.79. The van der Waals surface area contributed by atoms with E-state index in [1.54, 1.807) is 13.1 Å². The van der Waals surface area contributed by atoms with Gasteiger partial charge in [-0.1, -0.05) is 6.07 Å². The number of rotatable bonds is 9. The Kier molecular flexibility index (Phi) is 8.29. The SMILES string of the molecule is Cc1cc(-c2nc3cc(CC[C@H](C(=O)OC4CCCC4)[C@@H](C)O)ccc3n2CC2CCOCC2)c[nH]c1=O. The molecule has 2 N–H and O–H groups in total. The molecule has 38 heavy (non-hydrogen) atoms. The Morgan fingerprint density at radius 1 is 1.21 bits per heavy atom. The molecule has 204 valence electrons. The van der Waals surface area contributed by atoms with Crippen LogP contribution in [0.4, 0.5) is 0 Å². The minimum Gasteiger partial charge on any atom is -0.462 e. The summed E-state index contributed by atoms with van der Waals surface area (Å²) in [4.78, 5) is 32.6. The average molecular weight is 522 g/mol. The molecule has 1 aromatic carbocycles. The number of aliphatic hydroxyl groups excluding tert-OH is 1. The zero-order valence-corrected chi connectivity index (χ0v) is 22.4. The molecule has 0 spiro atoms. The molecular formula is C30H39N3O5. The molecule has 1 aliphatic heterocycles. The molecule has 1 saturated heterocycles. The van der Waals surface area contributed by atoms with Crippen LogP contribution in [0.25, 0.3) is 22.4 Å². The Morgan fingerprint density at radius 2 is 1.97 bits per heavy atom. The van der Waals surface area contributed by atoms with Crippen LogP contribution in [0.5, 0.6) is 0 Å². The highest BCUT2D eigenvalue weighted by molar-refractivity contribution is 5.81. The summed E-state index contributed by atoms with van der Waals surface area (Å²) in [5, 5.41) is 10.3. The predicted molar refractivity (Wildman–Crippen MR) is 146 cm³/mol. The zero-order chi connectivity index (χ0) is 26.6. The van der Waals surface area contributed by atoms with Gasteiger partial charge in [-0.2, -0.15) is 0 Å². The number of imidazole rings is 1. The average Bonchev–Trinajstić information content (AvgIpc) is 3.54. The van der Waals surface area contributed by atoms with Gasteiger partial charge in [0.1, 0.15) is 11.9 Å². The number of hydrogen-bond donors (Lipinski definition) is 2. The van der Waals surface area contributed by atoms with Crippen molar-refractivity contribution in [2.75, 3.05) is 13.2 Å². The van der Waals surface area contributed by atoms with Gasteiger partial charge in [-0.25, -0.2) is 4.98 Å². The number of aromatic nitrogens is 3. The van der Waals surface area contributed by atoms with Crippen LogP contribution in [-0.2, 0) is 27.2 Å². The monoisotopic (exact) mass is 521 g/mol. The molecule has 2 fully saturated rings. The number of hydrogen-bond acceptors (Lipinski definition) is 6. The lowest BCUT2D eigenvalue weighted by Gasteiger charge is -2.23. The molecule has 1 saturated carbocycles. The van der Waals surface area contributed by atoms with Crippen LogP contribution < -0.4 is 5.56 Å². The molecule has 3 heterocycles. The van der Waals surface area contributed by atoms with Crippen molar-refractivity contribution in [3.05, 3.63) is 51.9 Å². The van der Waals surface area contributed by atoms with Crippen molar-refractivity contribution in [2.45, 2.75) is 84.0 Å². The second-order valence-electron chi connectivity index (χ2n) is 11.1. The Labute approximate surface area is 223 Å². The van der Waals surface area contributed by atoms with Gasteiger partial charge in [-0.15, -0.1) is 0 Å². The van der Waals surface area contributed by atoms with E-state index in [1.165, 1.54) is 0 Å². The van der Waals surface area contributed by atoms with Crippen LogP contribution in [0.1, 0.15) is 63.0 Å². The van der Waals surface area contributed by atoms with Crippen LogP contribution in [0.3, 0.4) is 0 Å². The molecule has 5 rings (SSSR count). The Hall–Kier alpha value is -2.97. The van der Waals surface area contributed by atoms with E-state index in [9.17, 15) is 14.7 Å². The van der Waals surface area contributed by atoms with Gasteiger partial charge in [0.15, 0.2) is 0 Å². The smallest absolute Gasteiger partial charge is 0.311 e. The van der Waals surface area contributed by atoms with Crippen molar-refractivity contribution in [3.8, 4) is 11.4 Å². The number of esters is 1. The molecule has 0 amide bonds. The molecule has 0 bridgehead atoms. The van der Waals surface area contributed by atoms with Crippen LogP contribution >= 0.6 is 0 Å². The highest BCUT2D eigenvalue weighted by Crippen LogP contribution is 2.30. The maximum absolute atomic E-state index is 12.8. The van der Waals surface area contributed by atoms with E-state index < -0.39 is 12.0 Å². The second-order valence-corrected chi connectivity index (χ2v) is 11.1. The predicted octanol–water partition coefficient (Wildman–Crippen LogP) is 4.54. The summed E-state index contributed by atoms with van der Waals surface area (Å²) in [6.07, 6.45) is 8.19. The lowest BCUT2D eigenvalue weighted by molar-refractivity contribution is -0.157. The quantitative estimate of drug-likeness (QED) is 0.401. The molecule has 2 aliphatic rings. The minimum absolute atomic E-state index is 0.00484. The van der Waals surface area contributed by atoms with Crippen molar-refractivity contribution in [1.82, 2.24) is 14.5 Å². The van der Waals surface area contributed by atoms with E-state index in [1.807, 2.05) is 13.0 Å². The van der Waals surface area contributed by atoms with Gasteiger partial charge in [0, 0.05) is 37.1 Å². The molecular weight excluding hydrogens is 482 g/mol. The largest absolute Gasteiger partial charge is 0.462 e. The first-order valence-electron chi connectivity index (χ1n) is 14.0. The van der Waals surface area contributed by atoms with Gasteiger partial charge in [-0.05, 0) is 94.9 Å². The summed E-state index contributed by atoms with van der Waals surface area (Å²) >= 11 is 0. The number of aliphatic hydroxyl groups is 1. The van der Waals surface area contributed by atoms with E-state index in [4.69, 9.17) is 14.5 Å². The third kappa shape index (κ3) is 6.02. The number of pyridine rings is 1. The number of ether oxygens (including phenoxy) is 2. The molecule has 0 radical (unpaired) electrons. The standard InChI is InChI=1S/C30H39N3O5/c1-19-15-23(17-31-29(19)35)28-32-26-16-21(8-10-27(26)33(28)18-22-11-13-37-14-12-22)7-9-25(20(2)34)30(36)38-24-5-3-4-6-24/h8,10,15-17,20,22,24-25,34H,3-7,9,11-14,18H2,1-2H3,(H,31,35)/t20-,25+/m1/s1. The number of benzene rings is 1. The van der Waals surface area contributed by atoms with Gasteiger partial charge in [0.05, 0.1) is 23.1 Å². The van der Waals surface area contributed by atoms with Crippen LogP contribution in [0.15, 0.2) is 35.3 Å². The van der Waals surface area contributed by atoms with E-state index in [-0.39, 0.29) is 17.6 Å². The molecule has 3 aromatic rings. The number of nitrogens with zero attached hydrogens (tertiary/aromatic N) is 2. The summed E-state index contributed by atoms with van der Waals surface area (Å²) in [5.41, 5.74) is 4.44.